The second kappa shape index (κ2) is 8.47. The van der Waals surface area contributed by atoms with Crippen LogP contribution in [0, 0.1) is 6.92 Å². The van der Waals surface area contributed by atoms with Gasteiger partial charge in [0.05, 0.1) is 25.3 Å². The van der Waals surface area contributed by atoms with Crippen molar-refractivity contribution in [3.63, 3.8) is 0 Å². The number of allylic oxidation sites excluding steroid dienone is 1. The standard InChI is InChI=1S/C26H20O8/c1-14-9-17(33-26(28)16-7-8-18-20(11-16)32-13-31-18)12-21-23(14)24(27)22(34-21)10-15-5-4-6-19(29-2)25(15)30-3/h4-12H,13H2,1-3H3/b22-10-. The van der Waals surface area contributed by atoms with Gasteiger partial charge in [-0.2, -0.15) is 0 Å². The van der Waals surface area contributed by atoms with Gasteiger partial charge in [0.1, 0.15) is 11.5 Å². The van der Waals surface area contributed by atoms with E-state index in [1.807, 2.05) is 0 Å². The number of ketones is 1. The molecule has 2 aliphatic heterocycles. The lowest BCUT2D eigenvalue weighted by molar-refractivity contribution is 0.0734. The average Bonchev–Trinajstić information content (AvgIpc) is 3.42. The molecule has 0 amide bonds. The van der Waals surface area contributed by atoms with Gasteiger partial charge in [0, 0.05) is 11.6 Å². The molecule has 0 aromatic heterocycles. The summed E-state index contributed by atoms with van der Waals surface area (Å²) in [6.45, 7) is 1.87. The molecule has 2 heterocycles. The average molecular weight is 460 g/mol. The number of para-hydroxylation sites is 1. The molecule has 0 atom stereocenters. The molecular weight excluding hydrogens is 440 g/mol. The van der Waals surface area contributed by atoms with Crippen LogP contribution < -0.4 is 28.4 Å². The van der Waals surface area contributed by atoms with Crippen LogP contribution in [-0.4, -0.2) is 32.8 Å². The summed E-state index contributed by atoms with van der Waals surface area (Å²) in [7, 11) is 3.06. The Balaban J connectivity index is 1.42. The molecule has 172 valence electrons. The van der Waals surface area contributed by atoms with Crippen LogP contribution in [-0.2, 0) is 0 Å². The van der Waals surface area contributed by atoms with Crippen molar-refractivity contribution in [2.75, 3.05) is 21.0 Å². The van der Waals surface area contributed by atoms with Gasteiger partial charge in [-0.25, -0.2) is 4.79 Å². The number of aryl methyl sites for hydroxylation is 1. The van der Waals surface area contributed by atoms with Crippen LogP contribution in [0.5, 0.6) is 34.5 Å². The van der Waals surface area contributed by atoms with Crippen molar-refractivity contribution in [3.05, 3.63) is 76.5 Å². The monoisotopic (exact) mass is 460 g/mol. The maximum atomic E-state index is 13.0. The highest BCUT2D eigenvalue weighted by Gasteiger charge is 2.31. The summed E-state index contributed by atoms with van der Waals surface area (Å²) in [5.74, 6) is 1.93. The van der Waals surface area contributed by atoms with Crippen molar-refractivity contribution in [2.24, 2.45) is 0 Å². The van der Waals surface area contributed by atoms with Gasteiger partial charge in [-0.3, -0.25) is 4.79 Å². The molecule has 8 heteroatoms. The van der Waals surface area contributed by atoms with E-state index in [-0.39, 0.29) is 24.1 Å². The Bertz CT molecular complexity index is 1360. The van der Waals surface area contributed by atoms with Gasteiger partial charge in [0.15, 0.2) is 28.8 Å². The van der Waals surface area contributed by atoms with Crippen molar-refractivity contribution in [1.29, 1.82) is 0 Å². The zero-order valence-electron chi connectivity index (χ0n) is 18.7. The lowest BCUT2D eigenvalue weighted by Gasteiger charge is -2.10. The largest absolute Gasteiger partial charge is 0.493 e. The number of carbonyl (C=O) groups excluding carboxylic acids is 2. The Morgan fingerprint density at radius 2 is 1.79 bits per heavy atom. The Labute approximate surface area is 195 Å². The molecule has 8 nitrogen and oxygen atoms in total. The van der Waals surface area contributed by atoms with Crippen molar-refractivity contribution in [3.8, 4) is 34.5 Å². The number of methoxy groups -OCH3 is 2. The highest BCUT2D eigenvalue weighted by molar-refractivity contribution is 6.15. The predicted molar refractivity (Wildman–Crippen MR) is 121 cm³/mol. The van der Waals surface area contributed by atoms with Gasteiger partial charge >= 0.3 is 5.97 Å². The van der Waals surface area contributed by atoms with E-state index in [2.05, 4.69) is 0 Å². The van der Waals surface area contributed by atoms with Gasteiger partial charge in [-0.1, -0.05) is 12.1 Å². The fourth-order valence-electron chi connectivity index (χ4n) is 3.89. The molecule has 3 aromatic rings. The third-order valence-electron chi connectivity index (χ3n) is 5.48. The smallest absolute Gasteiger partial charge is 0.343 e. The topological polar surface area (TPSA) is 89.5 Å². The molecule has 5 rings (SSSR count). The first kappa shape index (κ1) is 21.4. The first-order chi connectivity index (χ1) is 16.5. The maximum Gasteiger partial charge on any atom is 0.343 e. The molecule has 0 fully saturated rings. The van der Waals surface area contributed by atoms with Crippen molar-refractivity contribution < 1.29 is 38.0 Å². The van der Waals surface area contributed by atoms with Gasteiger partial charge < -0.3 is 28.4 Å². The molecule has 0 saturated heterocycles. The summed E-state index contributed by atoms with van der Waals surface area (Å²) >= 11 is 0. The van der Waals surface area contributed by atoms with Gasteiger partial charge in [-0.05, 0) is 48.9 Å². The van der Waals surface area contributed by atoms with Crippen LogP contribution in [0.4, 0.5) is 0 Å². The molecule has 2 aliphatic rings. The fourth-order valence-corrected chi connectivity index (χ4v) is 3.89. The van der Waals surface area contributed by atoms with Crippen LogP contribution in [0.1, 0.15) is 31.8 Å². The number of rotatable bonds is 5. The van der Waals surface area contributed by atoms with E-state index in [0.29, 0.717) is 51.0 Å². The third-order valence-corrected chi connectivity index (χ3v) is 5.48. The van der Waals surface area contributed by atoms with Crippen LogP contribution in [0.25, 0.3) is 6.08 Å². The van der Waals surface area contributed by atoms with Crippen LogP contribution in [0.3, 0.4) is 0 Å². The number of hydrogen-bond acceptors (Lipinski definition) is 8. The minimum atomic E-state index is -0.571. The molecule has 0 radical (unpaired) electrons. The number of carbonyl (C=O) groups is 2. The van der Waals surface area contributed by atoms with Crippen molar-refractivity contribution in [1.82, 2.24) is 0 Å². The lowest BCUT2D eigenvalue weighted by Crippen LogP contribution is -2.08. The minimum Gasteiger partial charge on any atom is -0.493 e. The third kappa shape index (κ3) is 3.69. The summed E-state index contributed by atoms with van der Waals surface area (Å²) in [5.41, 5.74) is 1.98. The summed E-state index contributed by atoms with van der Waals surface area (Å²) < 4.78 is 32.7. The lowest BCUT2D eigenvalue weighted by atomic mass is 10.0. The zero-order valence-corrected chi connectivity index (χ0v) is 18.7. The highest BCUT2D eigenvalue weighted by atomic mass is 16.7. The Hall–Kier alpha value is -4.46. The van der Waals surface area contributed by atoms with E-state index in [1.54, 1.807) is 55.5 Å². The molecule has 0 N–H and O–H groups in total. The number of fused-ring (bicyclic) bond motifs is 2. The zero-order chi connectivity index (χ0) is 23.8. The maximum absolute atomic E-state index is 13.0. The van der Waals surface area contributed by atoms with Crippen LogP contribution in [0.2, 0.25) is 0 Å². The number of benzene rings is 3. The molecule has 0 spiro atoms. The molecule has 34 heavy (non-hydrogen) atoms. The molecular formula is C26H20O8. The first-order valence-corrected chi connectivity index (χ1v) is 10.4. The van der Waals surface area contributed by atoms with E-state index in [0.717, 1.165) is 0 Å². The Kier molecular flexibility index (Phi) is 5.33. The summed E-state index contributed by atoms with van der Waals surface area (Å²) in [6.07, 6.45) is 1.60. The summed E-state index contributed by atoms with van der Waals surface area (Å²) in [6, 6.07) is 13.3. The van der Waals surface area contributed by atoms with E-state index >= 15 is 0 Å². The van der Waals surface area contributed by atoms with Crippen LogP contribution in [0.15, 0.2) is 54.3 Å². The number of hydrogen-bond donors (Lipinski definition) is 0. The predicted octanol–water partition coefficient (Wildman–Crippen LogP) is 4.58. The molecule has 0 saturated carbocycles. The molecule has 0 unspecified atom stereocenters. The van der Waals surface area contributed by atoms with Gasteiger partial charge in [0.25, 0.3) is 0 Å². The minimum absolute atomic E-state index is 0.112. The highest BCUT2D eigenvalue weighted by Crippen LogP contribution is 2.40. The Morgan fingerprint density at radius 1 is 0.971 bits per heavy atom. The fraction of sp³-hybridized carbons (Fsp3) is 0.154. The second-order valence-corrected chi connectivity index (χ2v) is 7.59. The number of Topliss-reactive ketones (excluding diaryl/α,β-unsaturated/α-hetero) is 1. The number of esters is 1. The van der Waals surface area contributed by atoms with Crippen LogP contribution >= 0.6 is 0 Å². The van der Waals surface area contributed by atoms with Crippen molar-refractivity contribution >= 4 is 17.8 Å². The van der Waals surface area contributed by atoms with Gasteiger partial charge in [-0.15, -0.1) is 0 Å². The van der Waals surface area contributed by atoms with E-state index in [1.165, 1.54) is 20.3 Å². The second-order valence-electron chi connectivity index (χ2n) is 7.59. The quantitative estimate of drug-likeness (QED) is 0.311. The summed E-state index contributed by atoms with van der Waals surface area (Å²) in [4.78, 5) is 25.7. The Morgan fingerprint density at radius 3 is 2.59 bits per heavy atom. The van der Waals surface area contributed by atoms with E-state index in [4.69, 9.17) is 28.4 Å². The van der Waals surface area contributed by atoms with Crippen molar-refractivity contribution in [2.45, 2.75) is 6.92 Å². The van der Waals surface area contributed by atoms with E-state index < -0.39 is 5.97 Å². The normalized spacial score (nSPS) is 14.6. The first-order valence-electron chi connectivity index (χ1n) is 10.4. The van der Waals surface area contributed by atoms with E-state index in [9.17, 15) is 9.59 Å². The van der Waals surface area contributed by atoms with Gasteiger partial charge in [0.2, 0.25) is 12.6 Å². The molecule has 3 aromatic carbocycles. The number of ether oxygens (including phenoxy) is 6. The SMILES string of the molecule is COc1cccc(/C=C2\Oc3cc(OC(=O)c4ccc5c(c4)OCO5)cc(C)c3C2=O)c1OC. The summed E-state index contributed by atoms with van der Waals surface area (Å²) in [5, 5.41) is 0. The molecule has 0 aliphatic carbocycles. The molecule has 0 bridgehead atoms.